The van der Waals surface area contributed by atoms with E-state index in [1.807, 2.05) is 0 Å². The van der Waals surface area contributed by atoms with Gasteiger partial charge in [-0.2, -0.15) is 0 Å². The number of aryl methyl sites for hydroxylation is 1. The van der Waals surface area contributed by atoms with Crippen molar-refractivity contribution in [1.82, 2.24) is 4.98 Å². The molecule has 0 aliphatic carbocycles. The number of aromatic nitrogens is 1. The number of anilines is 2. The summed E-state index contributed by atoms with van der Waals surface area (Å²) in [6, 6.07) is 10.2. The molecule has 0 spiro atoms. The lowest BCUT2D eigenvalue weighted by molar-refractivity contribution is -0.114. The number of sulfonamides is 1. The molecule has 0 saturated carbocycles. The Balaban J connectivity index is 1.77. The summed E-state index contributed by atoms with van der Waals surface area (Å²) < 4.78 is 51.9. The number of thiazole rings is 1. The Bertz CT molecular complexity index is 1160. The molecule has 0 fully saturated rings. The fourth-order valence-corrected chi connectivity index (χ4v) is 4.28. The highest BCUT2D eigenvalue weighted by Gasteiger charge is 2.22. The van der Waals surface area contributed by atoms with Gasteiger partial charge in [-0.05, 0) is 36.8 Å². The number of rotatable bonds is 6. The number of nitrogens with one attached hydrogen (secondary N) is 1. The first-order chi connectivity index (χ1) is 13.6. The molecular weight excluding hydrogens is 420 g/mol. The van der Waals surface area contributed by atoms with Crippen molar-refractivity contribution >= 4 is 38.1 Å². The van der Waals surface area contributed by atoms with E-state index >= 15 is 0 Å². The molecule has 10 heteroatoms. The Kier molecular flexibility index (Phi) is 5.94. The van der Waals surface area contributed by atoms with E-state index in [0.717, 1.165) is 34.0 Å². The molecule has 3 aromatic rings. The van der Waals surface area contributed by atoms with Crippen LogP contribution in [0.5, 0.6) is 0 Å². The van der Waals surface area contributed by atoms with E-state index in [1.165, 1.54) is 6.07 Å². The zero-order valence-corrected chi connectivity index (χ0v) is 17.2. The highest BCUT2D eigenvalue weighted by molar-refractivity contribution is 7.92. The van der Waals surface area contributed by atoms with Crippen molar-refractivity contribution in [1.29, 1.82) is 0 Å². The third-order valence-corrected chi connectivity index (χ3v) is 5.92. The van der Waals surface area contributed by atoms with Gasteiger partial charge in [0.1, 0.15) is 6.54 Å². The fraction of sp³-hybridized carbons (Fsp3) is 0.158. The average Bonchev–Trinajstić information content (AvgIpc) is 3.10. The summed E-state index contributed by atoms with van der Waals surface area (Å²) in [5.74, 6) is -2.54. The molecule has 1 heterocycles. The second-order valence-electron chi connectivity index (χ2n) is 6.27. The lowest BCUT2D eigenvalue weighted by Gasteiger charge is -2.23. The summed E-state index contributed by atoms with van der Waals surface area (Å²) in [7, 11) is -3.70. The summed E-state index contributed by atoms with van der Waals surface area (Å²) in [6.45, 7) is 1.32. The van der Waals surface area contributed by atoms with E-state index < -0.39 is 34.1 Å². The van der Waals surface area contributed by atoms with E-state index in [-0.39, 0.29) is 5.13 Å². The Hall–Kier alpha value is -2.85. The van der Waals surface area contributed by atoms with Crippen LogP contribution in [0.15, 0.2) is 47.8 Å². The second-order valence-corrected chi connectivity index (χ2v) is 9.04. The molecule has 29 heavy (non-hydrogen) atoms. The number of carbonyl (C=O) groups excluding carboxylic acids is 1. The summed E-state index contributed by atoms with van der Waals surface area (Å²) in [4.78, 5) is 16.6. The van der Waals surface area contributed by atoms with Crippen LogP contribution in [-0.4, -0.2) is 32.1 Å². The number of hydrogen-bond donors (Lipinski definition) is 1. The standard InChI is InChI=1S/C19H17F2N3O3S2/c1-12-5-3-4-6-17(12)24(29(2,26)27)10-18(25)23-19-22-16(11-28-19)13-7-8-14(20)15(21)9-13/h3-9,11H,10H2,1-2H3,(H,22,23,25). The Morgan fingerprint density at radius 2 is 1.90 bits per heavy atom. The summed E-state index contributed by atoms with van der Waals surface area (Å²) in [5.41, 5.74) is 1.84. The van der Waals surface area contributed by atoms with Gasteiger partial charge in [-0.1, -0.05) is 18.2 Å². The van der Waals surface area contributed by atoms with E-state index in [4.69, 9.17) is 0 Å². The summed E-state index contributed by atoms with van der Waals surface area (Å²) in [5, 5.41) is 4.34. The lowest BCUT2D eigenvalue weighted by atomic mass is 10.2. The van der Waals surface area contributed by atoms with Crippen molar-refractivity contribution in [3.05, 3.63) is 65.0 Å². The zero-order chi connectivity index (χ0) is 21.2. The van der Waals surface area contributed by atoms with Crippen LogP contribution in [0, 0.1) is 18.6 Å². The second kappa shape index (κ2) is 8.26. The van der Waals surface area contributed by atoms with Crippen LogP contribution < -0.4 is 9.62 Å². The maximum absolute atomic E-state index is 13.4. The van der Waals surface area contributed by atoms with Gasteiger partial charge in [-0.15, -0.1) is 11.3 Å². The van der Waals surface area contributed by atoms with Gasteiger partial charge in [0, 0.05) is 10.9 Å². The predicted molar refractivity (Wildman–Crippen MR) is 109 cm³/mol. The van der Waals surface area contributed by atoms with Gasteiger partial charge in [-0.3, -0.25) is 9.10 Å². The SMILES string of the molecule is Cc1ccccc1N(CC(=O)Nc1nc(-c2ccc(F)c(F)c2)cs1)S(C)(=O)=O. The minimum Gasteiger partial charge on any atom is -0.300 e. The van der Waals surface area contributed by atoms with Gasteiger partial charge in [0.15, 0.2) is 16.8 Å². The first kappa shape index (κ1) is 20.9. The molecule has 0 saturated heterocycles. The molecule has 6 nitrogen and oxygen atoms in total. The van der Waals surface area contributed by atoms with E-state index in [0.29, 0.717) is 22.5 Å². The molecule has 2 aromatic carbocycles. The molecule has 1 N–H and O–H groups in total. The summed E-state index contributed by atoms with van der Waals surface area (Å²) in [6.07, 6.45) is 1.03. The van der Waals surface area contributed by atoms with Gasteiger partial charge in [0.2, 0.25) is 15.9 Å². The molecule has 0 bridgehead atoms. The molecular formula is C19H17F2N3O3S2. The van der Waals surface area contributed by atoms with Gasteiger partial charge >= 0.3 is 0 Å². The minimum atomic E-state index is -3.70. The average molecular weight is 437 g/mol. The van der Waals surface area contributed by atoms with Gasteiger partial charge in [-0.25, -0.2) is 22.2 Å². The highest BCUT2D eigenvalue weighted by atomic mass is 32.2. The van der Waals surface area contributed by atoms with Crippen molar-refractivity contribution in [3.63, 3.8) is 0 Å². The number of nitrogens with zero attached hydrogens (tertiary/aromatic N) is 2. The van der Waals surface area contributed by atoms with E-state index in [2.05, 4.69) is 10.3 Å². The molecule has 0 aliphatic heterocycles. The normalized spacial score (nSPS) is 11.3. The molecule has 0 aliphatic rings. The number of carbonyl (C=O) groups is 1. The lowest BCUT2D eigenvalue weighted by Crippen LogP contribution is -2.37. The van der Waals surface area contributed by atoms with E-state index in [1.54, 1.807) is 36.6 Å². The topological polar surface area (TPSA) is 79.4 Å². The number of para-hydroxylation sites is 1. The van der Waals surface area contributed by atoms with Crippen molar-refractivity contribution in [2.24, 2.45) is 0 Å². The van der Waals surface area contributed by atoms with Crippen LogP contribution in [0.2, 0.25) is 0 Å². The first-order valence-electron chi connectivity index (χ1n) is 8.39. The van der Waals surface area contributed by atoms with Crippen LogP contribution >= 0.6 is 11.3 Å². The third kappa shape index (κ3) is 4.96. The van der Waals surface area contributed by atoms with Crippen LogP contribution in [0.4, 0.5) is 19.6 Å². The largest absolute Gasteiger partial charge is 0.300 e. The van der Waals surface area contributed by atoms with Gasteiger partial charge < -0.3 is 5.32 Å². The van der Waals surface area contributed by atoms with Crippen LogP contribution in [0.25, 0.3) is 11.3 Å². The molecule has 152 valence electrons. The molecule has 1 aromatic heterocycles. The van der Waals surface area contributed by atoms with Crippen molar-refractivity contribution in [3.8, 4) is 11.3 Å². The molecule has 3 rings (SSSR count). The number of hydrogen-bond acceptors (Lipinski definition) is 5. The smallest absolute Gasteiger partial charge is 0.246 e. The van der Waals surface area contributed by atoms with Crippen LogP contribution in [-0.2, 0) is 14.8 Å². The van der Waals surface area contributed by atoms with Crippen molar-refractivity contribution < 1.29 is 22.0 Å². The molecule has 0 atom stereocenters. The maximum atomic E-state index is 13.4. The van der Waals surface area contributed by atoms with Crippen molar-refractivity contribution in [2.45, 2.75) is 6.92 Å². The number of halogens is 2. The molecule has 1 amide bonds. The third-order valence-electron chi connectivity index (χ3n) is 4.04. The quantitative estimate of drug-likeness (QED) is 0.636. The van der Waals surface area contributed by atoms with Gasteiger partial charge in [0.05, 0.1) is 17.6 Å². The number of amides is 1. The maximum Gasteiger partial charge on any atom is 0.246 e. The zero-order valence-electron chi connectivity index (χ0n) is 15.5. The Morgan fingerprint density at radius 3 is 2.55 bits per heavy atom. The summed E-state index contributed by atoms with van der Waals surface area (Å²) >= 11 is 1.09. The van der Waals surface area contributed by atoms with Crippen LogP contribution in [0.3, 0.4) is 0 Å². The number of benzene rings is 2. The Labute approximate surface area is 170 Å². The molecule has 0 unspecified atom stereocenters. The first-order valence-corrected chi connectivity index (χ1v) is 11.1. The highest BCUT2D eigenvalue weighted by Crippen LogP contribution is 2.27. The predicted octanol–water partition coefficient (Wildman–Crippen LogP) is 3.80. The molecule has 0 radical (unpaired) electrons. The monoisotopic (exact) mass is 437 g/mol. The van der Waals surface area contributed by atoms with Crippen molar-refractivity contribution in [2.75, 3.05) is 22.4 Å². The minimum absolute atomic E-state index is 0.216. The van der Waals surface area contributed by atoms with Gasteiger partial charge in [0.25, 0.3) is 0 Å². The van der Waals surface area contributed by atoms with Crippen LogP contribution in [0.1, 0.15) is 5.56 Å². The fourth-order valence-electron chi connectivity index (χ4n) is 2.63. The Morgan fingerprint density at radius 1 is 1.17 bits per heavy atom. The van der Waals surface area contributed by atoms with E-state index in [9.17, 15) is 22.0 Å².